The maximum Gasteiger partial charge on any atom is 0.360 e. The molecule has 1 atom stereocenters. The summed E-state index contributed by atoms with van der Waals surface area (Å²) in [4.78, 5) is 21.7. The van der Waals surface area contributed by atoms with Gasteiger partial charge in [0.15, 0.2) is 11.5 Å². The number of benzene rings is 2. The van der Waals surface area contributed by atoms with Crippen molar-refractivity contribution in [3.05, 3.63) is 58.7 Å². The van der Waals surface area contributed by atoms with Gasteiger partial charge in [-0.3, -0.25) is 0 Å². The fraction of sp³-hybridized carbons (Fsp3) is 0.250. The van der Waals surface area contributed by atoms with Gasteiger partial charge in [-0.2, -0.15) is 0 Å². The average molecular weight is 428 g/mol. The van der Waals surface area contributed by atoms with Gasteiger partial charge < -0.3 is 14.8 Å². The Kier molecular flexibility index (Phi) is 5.31. The van der Waals surface area contributed by atoms with E-state index >= 15 is 0 Å². The van der Waals surface area contributed by atoms with Crippen molar-refractivity contribution in [2.24, 2.45) is 0 Å². The van der Waals surface area contributed by atoms with Crippen LogP contribution < -0.4 is 5.32 Å². The molecule has 1 aromatic heterocycles. The Labute approximate surface area is 165 Å². The number of para-hydroxylation sites is 2. The van der Waals surface area contributed by atoms with Crippen molar-refractivity contribution < 1.29 is 14.3 Å². The molecule has 7 heteroatoms. The molecular weight excluding hydrogens is 410 g/mol. The molecule has 2 heterocycles. The summed E-state index contributed by atoms with van der Waals surface area (Å²) < 4.78 is 11.9. The number of fused-ring (bicyclic) bond motifs is 1. The third-order valence-corrected chi connectivity index (χ3v) is 4.82. The van der Waals surface area contributed by atoms with Crippen molar-refractivity contribution in [1.29, 1.82) is 0 Å². The van der Waals surface area contributed by atoms with Gasteiger partial charge in [-0.15, -0.1) is 0 Å². The van der Waals surface area contributed by atoms with Gasteiger partial charge in [0.2, 0.25) is 0 Å². The molecule has 3 aromatic rings. The molecule has 4 rings (SSSR count). The molecule has 138 valence electrons. The largest absolute Gasteiger partial charge is 0.458 e. The van der Waals surface area contributed by atoms with Crippen molar-refractivity contribution in [3.63, 3.8) is 0 Å². The summed E-state index contributed by atoms with van der Waals surface area (Å²) in [6.07, 6.45) is 1.86. The second kappa shape index (κ2) is 8.02. The predicted molar refractivity (Wildman–Crippen MR) is 106 cm³/mol. The number of nitrogens with zero attached hydrogens (tertiary/aromatic N) is 2. The van der Waals surface area contributed by atoms with Crippen LogP contribution in [0.3, 0.4) is 0 Å². The Balaban J connectivity index is 1.63. The lowest BCUT2D eigenvalue weighted by Gasteiger charge is -2.13. The quantitative estimate of drug-likeness (QED) is 0.605. The second-order valence-corrected chi connectivity index (χ2v) is 7.19. The number of carbonyl (C=O) groups is 1. The van der Waals surface area contributed by atoms with Crippen LogP contribution in [0.4, 0.5) is 11.5 Å². The molecule has 1 aliphatic rings. The van der Waals surface area contributed by atoms with Gasteiger partial charge in [0.25, 0.3) is 0 Å². The first-order chi connectivity index (χ1) is 13.2. The summed E-state index contributed by atoms with van der Waals surface area (Å²) in [6, 6.07) is 15.0. The summed E-state index contributed by atoms with van der Waals surface area (Å²) >= 11 is 3.41. The number of hydrogen-bond donors (Lipinski definition) is 1. The number of hydrogen-bond acceptors (Lipinski definition) is 6. The van der Waals surface area contributed by atoms with E-state index in [-0.39, 0.29) is 18.4 Å². The number of esters is 1. The lowest BCUT2D eigenvalue weighted by atomic mass is 10.2. The van der Waals surface area contributed by atoms with Crippen LogP contribution in [-0.4, -0.2) is 35.3 Å². The van der Waals surface area contributed by atoms with Crippen LogP contribution in [0, 0.1) is 0 Å². The van der Waals surface area contributed by atoms with E-state index in [4.69, 9.17) is 9.47 Å². The van der Waals surface area contributed by atoms with Crippen LogP contribution in [0.25, 0.3) is 11.0 Å². The maximum atomic E-state index is 12.7. The van der Waals surface area contributed by atoms with Crippen molar-refractivity contribution >= 4 is 44.4 Å². The van der Waals surface area contributed by atoms with Crippen molar-refractivity contribution in [2.45, 2.75) is 18.9 Å². The average Bonchev–Trinajstić information content (AvgIpc) is 3.21. The lowest BCUT2D eigenvalue weighted by Crippen LogP contribution is -2.19. The van der Waals surface area contributed by atoms with Gasteiger partial charge in [0, 0.05) is 16.8 Å². The molecule has 1 saturated heterocycles. The molecular formula is C20H18BrN3O3. The van der Waals surface area contributed by atoms with E-state index in [1.54, 1.807) is 0 Å². The SMILES string of the molecule is O=C(OC[C@@H]1CCCO1)c1nc2ccccc2nc1Nc1ccc(Br)cc1. The van der Waals surface area contributed by atoms with Gasteiger partial charge in [0.1, 0.15) is 6.61 Å². The van der Waals surface area contributed by atoms with Gasteiger partial charge in [-0.25, -0.2) is 14.8 Å². The van der Waals surface area contributed by atoms with E-state index < -0.39 is 5.97 Å². The van der Waals surface area contributed by atoms with Crippen LogP contribution in [0.15, 0.2) is 53.0 Å². The highest BCUT2D eigenvalue weighted by Gasteiger charge is 2.22. The van der Waals surface area contributed by atoms with E-state index in [0.29, 0.717) is 23.5 Å². The Morgan fingerprint density at radius 2 is 1.89 bits per heavy atom. The molecule has 0 spiro atoms. The zero-order valence-corrected chi connectivity index (χ0v) is 16.1. The Morgan fingerprint density at radius 3 is 2.59 bits per heavy atom. The summed E-state index contributed by atoms with van der Waals surface area (Å²) in [6.45, 7) is 0.944. The number of nitrogens with one attached hydrogen (secondary N) is 1. The van der Waals surface area contributed by atoms with Crippen molar-refractivity contribution in [3.8, 4) is 0 Å². The predicted octanol–water partition coefficient (Wildman–Crippen LogP) is 4.47. The summed E-state index contributed by atoms with van der Waals surface area (Å²) in [5.74, 6) is -0.142. The molecule has 0 amide bonds. The molecule has 1 aliphatic heterocycles. The summed E-state index contributed by atoms with van der Waals surface area (Å²) in [7, 11) is 0. The highest BCUT2D eigenvalue weighted by molar-refractivity contribution is 9.10. The van der Waals surface area contributed by atoms with E-state index in [1.165, 1.54) is 0 Å². The minimum Gasteiger partial charge on any atom is -0.458 e. The number of halogens is 1. The first-order valence-electron chi connectivity index (χ1n) is 8.77. The second-order valence-electron chi connectivity index (χ2n) is 6.27. The van der Waals surface area contributed by atoms with Gasteiger partial charge in [0.05, 0.1) is 17.1 Å². The topological polar surface area (TPSA) is 73.3 Å². The van der Waals surface area contributed by atoms with Crippen LogP contribution in [-0.2, 0) is 9.47 Å². The standard InChI is InChI=1S/C20H18BrN3O3/c21-13-7-9-14(10-8-13)22-19-18(20(25)27-12-15-4-3-11-26-15)23-16-5-1-2-6-17(16)24-19/h1-2,5-10,15H,3-4,11-12H2,(H,22,24)/t15-/m0/s1. The van der Waals surface area contributed by atoms with Crippen LogP contribution in [0.5, 0.6) is 0 Å². The van der Waals surface area contributed by atoms with E-state index in [1.807, 2.05) is 48.5 Å². The van der Waals surface area contributed by atoms with E-state index in [0.717, 1.165) is 23.0 Å². The number of anilines is 2. The lowest BCUT2D eigenvalue weighted by molar-refractivity contribution is 0.0157. The van der Waals surface area contributed by atoms with E-state index in [2.05, 4.69) is 31.2 Å². The highest BCUT2D eigenvalue weighted by Crippen LogP contribution is 2.23. The molecule has 0 saturated carbocycles. The molecule has 6 nitrogen and oxygen atoms in total. The Hall–Kier alpha value is -2.51. The Bertz CT molecular complexity index is 956. The smallest absolute Gasteiger partial charge is 0.360 e. The molecule has 0 radical (unpaired) electrons. The van der Waals surface area contributed by atoms with Crippen LogP contribution in [0.1, 0.15) is 23.3 Å². The third kappa shape index (κ3) is 4.26. The van der Waals surface area contributed by atoms with Gasteiger partial charge in [-0.05, 0) is 49.2 Å². The van der Waals surface area contributed by atoms with Crippen LogP contribution in [0.2, 0.25) is 0 Å². The van der Waals surface area contributed by atoms with E-state index in [9.17, 15) is 4.79 Å². The molecule has 2 aromatic carbocycles. The molecule has 1 fully saturated rings. The first kappa shape index (κ1) is 17.9. The molecule has 0 aliphatic carbocycles. The molecule has 27 heavy (non-hydrogen) atoms. The zero-order chi connectivity index (χ0) is 18.6. The fourth-order valence-electron chi connectivity index (χ4n) is 2.91. The minimum atomic E-state index is -0.511. The molecule has 0 bridgehead atoms. The van der Waals surface area contributed by atoms with Crippen LogP contribution >= 0.6 is 15.9 Å². The van der Waals surface area contributed by atoms with Gasteiger partial charge >= 0.3 is 5.97 Å². The molecule has 0 unspecified atom stereocenters. The number of ether oxygens (including phenoxy) is 2. The fourth-order valence-corrected chi connectivity index (χ4v) is 3.18. The minimum absolute atomic E-state index is 0.0368. The van der Waals surface area contributed by atoms with Gasteiger partial charge in [-0.1, -0.05) is 28.1 Å². The summed E-state index contributed by atoms with van der Waals surface area (Å²) in [5, 5.41) is 3.17. The number of carbonyl (C=O) groups excluding carboxylic acids is 1. The number of rotatable bonds is 5. The maximum absolute atomic E-state index is 12.7. The summed E-state index contributed by atoms with van der Waals surface area (Å²) in [5.41, 5.74) is 2.31. The monoisotopic (exact) mass is 427 g/mol. The zero-order valence-electron chi connectivity index (χ0n) is 14.5. The van der Waals surface area contributed by atoms with Crippen molar-refractivity contribution in [1.82, 2.24) is 9.97 Å². The highest BCUT2D eigenvalue weighted by atomic mass is 79.9. The normalized spacial score (nSPS) is 16.4. The third-order valence-electron chi connectivity index (χ3n) is 4.30. The Morgan fingerprint density at radius 1 is 1.15 bits per heavy atom. The molecule has 1 N–H and O–H groups in total. The van der Waals surface area contributed by atoms with Crippen molar-refractivity contribution in [2.75, 3.05) is 18.5 Å². The number of aromatic nitrogens is 2. The first-order valence-corrected chi connectivity index (χ1v) is 9.56.